The number of nitrogens with one attached hydrogen (secondary N) is 1. The molecule has 6 heteroatoms. The SMILES string of the molecule is O=CCn1[nH]nnc1=S. The van der Waals surface area contributed by atoms with Crippen LogP contribution in [0.25, 0.3) is 0 Å². The number of hydrogen-bond donors (Lipinski definition) is 1. The van der Waals surface area contributed by atoms with Crippen molar-refractivity contribution < 1.29 is 4.79 Å². The molecule has 0 aliphatic rings. The Balaban J connectivity index is 2.93. The van der Waals surface area contributed by atoms with Crippen molar-refractivity contribution in [2.75, 3.05) is 0 Å². The normalized spacial score (nSPS) is 9.33. The Morgan fingerprint density at radius 3 is 3.11 bits per heavy atom. The first kappa shape index (κ1) is 6.09. The van der Waals surface area contributed by atoms with E-state index in [9.17, 15) is 4.79 Å². The van der Waals surface area contributed by atoms with Gasteiger partial charge in [0.05, 0.1) is 6.54 Å². The van der Waals surface area contributed by atoms with Gasteiger partial charge < -0.3 is 4.79 Å². The molecule has 1 heterocycles. The molecule has 0 unspecified atom stereocenters. The Hall–Kier alpha value is -1.04. The van der Waals surface area contributed by atoms with Crippen molar-refractivity contribution in [3.05, 3.63) is 4.77 Å². The van der Waals surface area contributed by atoms with E-state index in [0.717, 1.165) is 6.29 Å². The molecule has 48 valence electrons. The summed E-state index contributed by atoms with van der Waals surface area (Å²) >= 11 is 4.65. The molecular weight excluding hydrogens is 140 g/mol. The van der Waals surface area contributed by atoms with Crippen molar-refractivity contribution in [2.24, 2.45) is 0 Å². The number of hydrogen-bond acceptors (Lipinski definition) is 4. The largest absolute Gasteiger partial charge is 0.301 e. The summed E-state index contributed by atoms with van der Waals surface area (Å²) in [6.45, 7) is 0.186. The van der Waals surface area contributed by atoms with Crippen LogP contribution in [-0.4, -0.2) is 26.5 Å². The van der Waals surface area contributed by atoms with E-state index < -0.39 is 0 Å². The third-order valence-electron chi connectivity index (χ3n) is 0.789. The molecule has 0 bridgehead atoms. The van der Waals surface area contributed by atoms with Crippen molar-refractivity contribution in [2.45, 2.75) is 6.54 Å². The fraction of sp³-hybridized carbons (Fsp3) is 0.333. The number of tetrazole rings is 1. The van der Waals surface area contributed by atoms with Crippen LogP contribution in [0.3, 0.4) is 0 Å². The summed E-state index contributed by atoms with van der Waals surface area (Å²) in [7, 11) is 0. The second-order valence-electron chi connectivity index (χ2n) is 1.36. The first-order chi connectivity index (χ1) is 4.34. The van der Waals surface area contributed by atoms with Crippen molar-refractivity contribution in [3.8, 4) is 0 Å². The molecule has 1 aromatic rings. The number of aldehydes is 1. The van der Waals surface area contributed by atoms with Gasteiger partial charge in [0.25, 0.3) is 0 Å². The van der Waals surface area contributed by atoms with Crippen LogP contribution >= 0.6 is 12.2 Å². The quantitative estimate of drug-likeness (QED) is 0.450. The van der Waals surface area contributed by atoms with Gasteiger partial charge in [-0.25, -0.2) is 4.68 Å². The third kappa shape index (κ3) is 1.20. The molecule has 0 aliphatic carbocycles. The number of rotatable bonds is 2. The number of H-pyrrole nitrogens is 1. The molecule has 9 heavy (non-hydrogen) atoms. The molecular formula is C3H4N4OS. The first-order valence-electron chi connectivity index (χ1n) is 2.26. The standard InChI is InChI=1S/C3H4N4OS/c8-2-1-7-3(9)4-5-6-7/h2H,1H2,(H,4,6,9). The Kier molecular flexibility index (Phi) is 1.69. The van der Waals surface area contributed by atoms with E-state index >= 15 is 0 Å². The van der Waals surface area contributed by atoms with E-state index in [2.05, 4.69) is 27.7 Å². The highest BCUT2D eigenvalue weighted by atomic mass is 32.1. The predicted molar refractivity (Wildman–Crippen MR) is 31.3 cm³/mol. The molecule has 0 saturated carbocycles. The highest BCUT2D eigenvalue weighted by Crippen LogP contribution is 1.78. The van der Waals surface area contributed by atoms with Gasteiger partial charge in [-0.05, 0) is 12.2 Å². The van der Waals surface area contributed by atoms with Crippen molar-refractivity contribution in [1.29, 1.82) is 0 Å². The van der Waals surface area contributed by atoms with Crippen LogP contribution in [0.5, 0.6) is 0 Å². The minimum Gasteiger partial charge on any atom is -0.301 e. The van der Waals surface area contributed by atoms with Crippen LogP contribution in [0.1, 0.15) is 0 Å². The summed E-state index contributed by atoms with van der Waals surface area (Å²) in [5, 5.41) is 9.24. The lowest BCUT2D eigenvalue weighted by Gasteiger charge is -1.86. The number of nitrogens with zero attached hydrogens (tertiary/aromatic N) is 3. The molecule has 0 amide bonds. The van der Waals surface area contributed by atoms with Gasteiger partial charge in [-0.3, -0.25) is 0 Å². The third-order valence-corrected chi connectivity index (χ3v) is 1.09. The van der Waals surface area contributed by atoms with Crippen molar-refractivity contribution in [3.63, 3.8) is 0 Å². The van der Waals surface area contributed by atoms with Crippen LogP contribution in [0.4, 0.5) is 0 Å². The van der Waals surface area contributed by atoms with Gasteiger partial charge in [0, 0.05) is 0 Å². The topological polar surface area (TPSA) is 63.6 Å². The molecule has 0 aromatic carbocycles. The molecule has 1 N–H and O–H groups in total. The summed E-state index contributed by atoms with van der Waals surface area (Å²) in [4.78, 5) is 9.88. The number of carbonyl (C=O) groups is 1. The Labute approximate surface area is 55.7 Å². The van der Waals surface area contributed by atoms with Crippen LogP contribution < -0.4 is 0 Å². The molecule has 0 fully saturated rings. The maximum atomic E-state index is 9.88. The highest BCUT2D eigenvalue weighted by molar-refractivity contribution is 7.71. The maximum absolute atomic E-state index is 9.88. The lowest BCUT2D eigenvalue weighted by molar-refractivity contribution is -0.108. The smallest absolute Gasteiger partial charge is 0.238 e. The van der Waals surface area contributed by atoms with Gasteiger partial charge in [-0.1, -0.05) is 10.3 Å². The van der Waals surface area contributed by atoms with Crippen molar-refractivity contribution >= 4 is 18.5 Å². The van der Waals surface area contributed by atoms with E-state index in [0.29, 0.717) is 4.77 Å². The molecule has 1 rings (SSSR count). The average Bonchev–Trinajstić information content (AvgIpc) is 2.18. The summed E-state index contributed by atoms with van der Waals surface area (Å²) in [6.07, 6.45) is 0.718. The first-order valence-corrected chi connectivity index (χ1v) is 2.67. The van der Waals surface area contributed by atoms with Gasteiger partial charge in [0.2, 0.25) is 4.77 Å². The van der Waals surface area contributed by atoms with Gasteiger partial charge in [0.15, 0.2) is 0 Å². The summed E-state index contributed by atoms with van der Waals surface area (Å²) in [5.74, 6) is 0. The number of carbonyl (C=O) groups excluding carboxylic acids is 1. The van der Waals surface area contributed by atoms with E-state index in [4.69, 9.17) is 0 Å². The average molecular weight is 144 g/mol. The molecule has 5 nitrogen and oxygen atoms in total. The maximum Gasteiger partial charge on any atom is 0.238 e. The zero-order valence-corrected chi connectivity index (χ0v) is 5.26. The van der Waals surface area contributed by atoms with Gasteiger partial charge in [0.1, 0.15) is 6.29 Å². The highest BCUT2D eigenvalue weighted by Gasteiger charge is 1.89. The van der Waals surface area contributed by atoms with E-state index in [1.54, 1.807) is 0 Å². The minimum absolute atomic E-state index is 0.186. The molecule has 0 atom stereocenters. The number of aromatic amines is 1. The molecule has 0 aliphatic heterocycles. The zero-order chi connectivity index (χ0) is 6.69. The van der Waals surface area contributed by atoms with Gasteiger partial charge in [-0.15, -0.1) is 0 Å². The second kappa shape index (κ2) is 2.49. The van der Waals surface area contributed by atoms with Gasteiger partial charge in [-0.2, -0.15) is 5.21 Å². The lowest BCUT2D eigenvalue weighted by Crippen LogP contribution is -2.00. The molecule has 1 aromatic heterocycles. The van der Waals surface area contributed by atoms with Crippen molar-refractivity contribution in [1.82, 2.24) is 20.2 Å². The molecule has 0 spiro atoms. The van der Waals surface area contributed by atoms with E-state index in [1.807, 2.05) is 0 Å². The molecule has 0 radical (unpaired) electrons. The predicted octanol–water partition coefficient (Wildman–Crippen LogP) is -0.465. The van der Waals surface area contributed by atoms with E-state index in [-0.39, 0.29) is 6.54 Å². The lowest BCUT2D eigenvalue weighted by atomic mass is 10.7. The van der Waals surface area contributed by atoms with Crippen LogP contribution in [-0.2, 0) is 11.3 Å². The van der Waals surface area contributed by atoms with Crippen LogP contribution in [0.2, 0.25) is 0 Å². The fourth-order valence-electron chi connectivity index (χ4n) is 0.409. The van der Waals surface area contributed by atoms with Crippen LogP contribution in [0, 0.1) is 4.77 Å². The van der Waals surface area contributed by atoms with Crippen LogP contribution in [0.15, 0.2) is 0 Å². The summed E-state index contributed by atoms with van der Waals surface area (Å²) in [5.41, 5.74) is 0. The zero-order valence-electron chi connectivity index (χ0n) is 4.44. The minimum atomic E-state index is 0.186. The Bertz CT molecular complexity index is 250. The molecule has 0 saturated heterocycles. The van der Waals surface area contributed by atoms with Gasteiger partial charge >= 0.3 is 0 Å². The summed E-state index contributed by atoms with van der Waals surface area (Å²) in [6, 6.07) is 0. The Morgan fingerprint density at radius 2 is 2.67 bits per heavy atom. The Morgan fingerprint density at radius 1 is 1.89 bits per heavy atom. The van der Waals surface area contributed by atoms with E-state index in [1.165, 1.54) is 4.68 Å². The summed E-state index contributed by atoms with van der Waals surface area (Å²) < 4.78 is 1.66. The fourth-order valence-corrected chi connectivity index (χ4v) is 0.566. The monoisotopic (exact) mass is 144 g/mol. The second-order valence-corrected chi connectivity index (χ2v) is 1.72. The number of aromatic nitrogens is 4.